The van der Waals surface area contributed by atoms with Gasteiger partial charge in [0.15, 0.2) is 5.82 Å². The summed E-state index contributed by atoms with van der Waals surface area (Å²) in [5, 5.41) is 12.1. The van der Waals surface area contributed by atoms with Crippen molar-refractivity contribution in [3.8, 4) is 0 Å². The molecular weight excluding hydrogens is 290 g/mol. The number of hydrogen-bond donors (Lipinski definition) is 0. The maximum atomic E-state index is 13.4. The van der Waals surface area contributed by atoms with Crippen LogP contribution in [0.2, 0.25) is 0 Å². The number of tetrazole rings is 1. The molecule has 2 unspecified atom stereocenters. The summed E-state index contributed by atoms with van der Waals surface area (Å²) in [5.74, 6) is 3.46. The van der Waals surface area contributed by atoms with E-state index in [-0.39, 0.29) is 5.92 Å². The van der Waals surface area contributed by atoms with Gasteiger partial charge in [-0.15, -0.1) is 5.10 Å². The van der Waals surface area contributed by atoms with E-state index in [9.17, 15) is 4.79 Å². The molecule has 4 fully saturated rings. The average Bonchev–Trinajstić information content (AvgIpc) is 2.78. The topological polar surface area (TPSA) is 63.9 Å². The first-order chi connectivity index (χ1) is 11.3. The van der Waals surface area contributed by atoms with Crippen molar-refractivity contribution < 1.29 is 4.79 Å². The molecule has 2 saturated carbocycles. The number of rotatable bonds is 1. The van der Waals surface area contributed by atoms with Crippen LogP contribution in [0.4, 0.5) is 0 Å². The number of carbonyl (C=O) groups excluding carboxylic acids is 1. The molecule has 6 rings (SSSR count). The Bertz CT molecular complexity index is 600. The molecule has 1 amide bonds. The van der Waals surface area contributed by atoms with E-state index in [1.807, 2.05) is 4.68 Å². The van der Waals surface area contributed by atoms with Gasteiger partial charge in [0.1, 0.15) is 0 Å². The standard InChI is InChI=1S/C17H25N5O/c23-17(15-3-1-2-4-22-16(15)18-19-20-22)21-10-13-6-11-5-12(7-13)9-14(21)8-11/h11-15H,1-10H2/t11-,12+,13?,14?,15-/m0/s1. The molecule has 4 bridgehead atoms. The second-order valence-corrected chi connectivity index (χ2v) is 8.23. The summed E-state index contributed by atoms with van der Waals surface area (Å²) in [4.78, 5) is 15.6. The van der Waals surface area contributed by atoms with Gasteiger partial charge in [-0.2, -0.15) is 0 Å². The van der Waals surface area contributed by atoms with Crippen molar-refractivity contribution in [2.24, 2.45) is 17.8 Å². The minimum atomic E-state index is -0.122. The number of amides is 1. The van der Waals surface area contributed by atoms with Crippen LogP contribution in [0.15, 0.2) is 0 Å². The highest BCUT2D eigenvalue weighted by molar-refractivity contribution is 5.83. The Kier molecular flexibility index (Phi) is 3.20. The summed E-state index contributed by atoms with van der Waals surface area (Å²) in [6, 6.07) is 0.478. The van der Waals surface area contributed by atoms with Gasteiger partial charge in [0.25, 0.3) is 0 Å². The Balaban J connectivity index is 1.44. The summed E-state index contributed by atoms with van der Waals surface area (Å²) in [6.45, 7) is 1.83. The summed E-state index contributed by atoms with van der Waals surface area (Å²) >= 11 is 0. The number of aromatic nitrogens is 4. The van der Waals surface area contributed by atoms with Crippen molar-refractivity contribution in [3.63, 3.8) is 0 Å². The van der Waals surface area contributed by atoms with Crippen molar-refractivity contribution in [2.45, 2.75) is 69.9 Å². The first kappa shape index (κ1) is 13.9. The monoisotopic (exact) mass is 315 g/mol. The largest absolute Gasteiger partial charge is 0.339 e. The number of carbonyl (C=O) groups is 1. The molecule has 5 aliphatic rings. The van der Waals surface area contributed by atoms with E-state index >= 15 is 0 Å². The van der Waals surface area contributed by atoms with Crippen LogP contribution in [0.1, 0.15) is 63.1 Å². The Morgan fingerprint density at radius 1 is 1.00 bits per heavy atom. The maximum Gasteiger partial charge on any atom is 0.233 e. The van der Waals surface area contributed by atoms with Crippen LogP contribution >= 0.6 is 0 Å². The highest BCUT2D eigenvalue weighted by atomic mass is 16.2. The third-order valence-corrected chi connectivity index (χ3v) is 6.67. The molecule has 124 valence electrons. The minimum absolute atomic E-state index is 0.122. The lowest BCUT2D eigenvalue weighted by molar-refractivity contribution is -0.136. The highest BCUT2D eigenvalue weighted by Gasteiger charge is 2.45. The van der Waals surface area contributed by atoms with E-state index < -0.39 is 0 Å². The van der Waals surface area contributed by atoms with E-state index in [1.54, 1.807) is 0 Å². The first-order valence-corrected chi connectivity index (χ1v) is 9.34. The molecule has 2 aliphatic carbocycles. The molecule has 23 heavy (non-hydrogen) atoms. The third-order valence-electron chi connectivity index (χ3n) is 6.67. The van der Waals surface area contributed by atoms with E-state index in [2.05, 4.69) is 20.4 Å². The number of nitrogens with zero attached hydrogens (tertiary/aromatic N) is 5. The molecule has 0 radical (unpaired) electrons. The lowest BCUT2D eigenvalue weighted by atomic mass is 9.68. The molecule has 0 N–H and O–H groups in total. The van der Waals surface area contributed by atoms with Crippen LogP contribution in [-0.4, -0.2) is 43.6 Å². The Morgan fingerprint density at radius 3 is 2.61 bits per heavy atom. The third kappa shape index (κ3) is 2.29. The molecule has 1 aromatic rings. The number of aryl methyl sites for hydroxylation is 1. The zero-order valence-corrected chi connectivity index (χ0v) is 13.6. The summed E-state index contributed by atoms with van der Waals surface area (Å²) in [5.41, 5.74) is 0. The second-order valence-electron chi connectivity index (χ2n) is 8.23. The van der Waals surface area contributed by atoms with Crippen molar-refractivity contribution in [1.82, 2.24) is 25.1 Å². The molecule has 5 atom stereocenters. The van der Waals surface area contributed by atoms with Crippen LogP contribution < -0.4 is 0 Å². The zero-order valence-electron chi connectivity index (χ0n) is 13.6. The molecule has 6 nitrogen and oxygen atoms in total. The van der Waals surface area contributed by atoms with Gasteiger partial charge in [0, 0.05) is 19.1 Å². The molecule has 0 aromatic carbocycles. The predicted octanol–water partition coefficient (Wildman–Crippen LogP) is 1.98. The lowest BCUT2D eigenvalue weighted by Crippen LogP contribution is -2.44. The van der Waals surface area contributed by atoms with E-state index in [0.717, 1.165) is 55.9 Å². The zero-order chi connectivity index (χ0) is 15.4. The molecule has 6 heteroatoms. The van der Waals surface area contributed by atoms with Gasteiger partial charge in [0.2, 0.25) is 5.91 Å². The fraction of sp³-hybridized carbons (Fsp3) is 0.882. The average molecular weight is 315 g/mol. The van der Waals surface area contributed by atoms with Gasteiger partial charge in [-0.1, -0.05) is 6.42 Å². The Hall–Kier alpha value is -1.46. The summed E-state index contributed by atoms with van der Waals surface area (Å²) in [6.07, 6.45) is 9.62. The fourth-order valence-electron chi connectivity index (χ4n) is 5.85. The normalized spacial score (nSPS) is 39.0. The molecule has 0 spiro atoms. The van der Waals surface area contributed by atoms with Gasteiger partial charge in [0.05, 0.1) is 5.92 Å². The first-order valence-electron chi connectivity index (χ1n) is 9.34. The van der Waals surface area contributed by atoms with Crippen molar-refractivity contribution in [3.05, 3.63) is 5.82 Å². The minimum Gasteiger partial charge on any atom is -0.339 e. The predicted molar refractivity (Wildman–Crippen MR) is 83.5 cm³/mol. The van der Waals surface area contributed by atoms with Gasteiger partial charge in [-0.25, -0.2) is 4.68 Å². The number of hydrogen-bond acceptors (Lipinski definition) is 4. The molecule has 1 aromatic heterocycles. The summed E-state index contributed by atoms with van der Waals surface area (Å²) in [7, 11) is 0. The van der Waals surface area contributed by atoms with Crippen LogP contribution in [0, 0.1) is 17.8 Å². The van der Waals surface area contributed by atoms with Gasteiger partial charge >= 0.3 is 0 Å². The smallest absolute Gasteiger partial charge is 0.233 e. The van der Waals surface area contributed by atoms with E-state index in [1.165, 1.54) is 32.1 Å². The SMILES string of the molecule is O=C([C@H]1CCCCn2nnnc21)N1CC2C[C@@H]3CC1C[C@H](C2)C3. The van der Waals surface area contributed by atoms with Gasteiger partial charge < -0.3 is 4.90 Å². The maximum absolute atomic E-state index is 13.4. The van der Waals surface area contributed by atoms with Crippen molar-refractivity contribution in [1.29, 1.82) is 0 Å². The Morgan fingerprint density at radius 2 is 1.78 bits per heavy atom. The second kappa shape index (κ2) is 5.28. The van der Waals surface area contributed by atoms with Crippen LogP contribution in [0.25, 0.3) is 0 Å². The van der Waals surface area contributed by atoms with Gasteiger partial charge in [-0.05, 0) is 73.1 Å². The van der Waals surface area contributed by atoms with Crippen LogP contribution in [0.5, 0.6) is 0 Å². The van der Waals surface area contributed by atoms with E-state index in [4.69, 9.17) is 0 Å². The van der Waals surface area contributed by atoms with E-state index in [0.29, 0.717) is 11.9 Å². The number of fused-ring (bicyclic) bond motifs is 2. The lowest BCUT2D eigenvalue weighted by Gasteiger charge is -2.39. The van der Waals surface area contributed by atoms with Crippen LogP contribution in [-0.2, 0) is 11.3 Å². The van der Waals surface area contributed by atoms with Gasteiger partial charge in [-0.3, -0.25) is 4.79 Å². The molecule has 2 saturated heterocycles. The quantitative estimate of drug-likeness (QED) is 0.795. The van der Waals surface area contributed by atoms with Crippen LogP contribution in [0.3, 0.4) is 0 Å². The van der Waals surface area contributed by atoms with Crippen molar-refractivity contribution in [2.75, 3.05) is 6.54 Å². The fourth-order valence-corrected chi connectivity index (χ4v) is 5.85. The summed E-state index contributed by atoms with van der Waals surface area (Å²) < 4.78 is 1.86. The molecule has 3 aliphatic heterocycles. The molecular formula is C17H25N5O. The highest BCUT2D eigenvalue weighted by Crippen LogP contribution is 2.48. The van der Waals surface area contributed by atoms with Crippen molar-refractivity contribution >= 4 is 5.91 Å². The Labute approximate surface area is 136 Å². The molecule has 4 heterocycles.